The van der Waals surface area contributed by atoms with E-state index in [0.717, 1.165) is 16.5 Å². The molecule has 0 aliphatic carbocycles. The van der Waals surface area contributed by atoms with Crippen LogP contribution < -0.4 is 15.6 Å². The molecule has 0 aliphatic heterocycles. The molecule has 0 saturated carbocycles. The molecule has 27 heavy (non-hydrogen) atoms. The zero-order chi connectivity index (χ0) is 19.4. The number of aryl methyl sites for hydroxylation is 2. The summed E-state index contributed by atoms with van der Waals surface area (Å²) in [7, 11) is 3.42. The molecule has 0 aliphatic rings. The molecular weight excluding hydrogens is 366 g/mol. The van der Waals surface area contributed by atoms with Gasteiger partial charge in [-0.25, -0.2) is 0 Å². The number of hydrazine groups is 1. The number of benzene rings is 2. The number of para-hydroxylation sites is 1. The highest BCUT2D eigenvalue weighted by Crippen LogP contribution is 2.25. The summed E-state index contributed by atoms with van der Waals surface area (Å²) < 4.78 is 6.98. The summed E-state index contributed by atoms with van der Waals surface area (Å²) in [6, 6.07) is 13.0. The van der Waals surface area contributed by atoms with Crippen molar-refractivity contribution in [1.29, 1.82) is 0 Å². The van der Waals surface area contributed by atoms with Gasteiger partial charge in [-0.1, -0.05) is 35.9 Å². The van der Waals surface area contributed by atoms with Crippen LogP contribution in [0, 0.1) is 0 Å². The molecule has 6 nitrogen and oxygen atoms in total. The number of methoxy groups -OCH3 is 1. The largest absolute Gasteiger partial charge is 0.495 e. The molecule has 1 heterocycles. The summed E-state index contributed by atoms with van der Waals surface area (Å²) in [5, 5.41) is 1.33. The van der Waals surface area contributed by atoms with Crippen LogP contribution in [-0.4, -0.2) is 23.5 Å². The van der Waals surface area contributed by atoms with E-state index in [1.54, 1.807) is 25.4 Å². The Morgan fingerprint density at radius 3 is 2.67 bits per heavy atom. The van der Waals surface area contributed by atoms with Gasteiger partial charge < -0.3 is 9.30 Å². The van der Waals surface area contributed by atoms with Crippen molar-refractivity contribution in [3.63, 3.8) is 0 Å². The lowest BCUT2D eigenvalue weighted by atomic mass is 10.1. The number of halogens is 1. The Bertz CT molecular complexity index is 997. The van der Waals surface area contributed by atoms with Crippen LogP contribution in [0.25, 0.3) is 10.9 Å². The van der Waals surface area contributed by atoms with E-state index in [0.29, 0.717) is 22.8 Å². The Morgan fingerprint density at radius 2 is 1.93 bits per heavy atom. The van der Waals surface area contributed by atoms with Gasteiger partial charge in [0.25, 0.3) is 5.91 Å². The Hall–Kier alpha value is -2.99. The van der Waals surface area contributed by atoms with Crippen molar-refractivity contribution in [2.45, 2.75) is 12.8 Å². The fourth-order valence-electron chi connectivity index (χ4n) is 2.90. The molecule has 3 rings (SSSR count). The number of rotatable bonds is 5. The van der Waals surface area contributed by atoms with Crippen molar-refractivity contribution < 1.29 is 14.3 Å². The lowest BCUT2D eigenvalue weighted by molar-refractivity contribution is -0.121. The van der Waals surface area contributed by atoms with E-state index < -0.39 is 0 Å². The Morgan fingerprint density at radius 1 is 1.15 bits per heavy atom. The SMILES string of the molecule is COc1ccc(CCC(=O)NNC(=O)c2cn(C)c3ccccc23)cc1Cl. The molecule has 2 aromatic carbocycles. The minimum absolute atomic E-state index is 0.221. The van der Waals surface area contributed by atoms with Crippen molar-refractivity contribution in [2.75, 3.05) is 7.11 Å². The van der Waals surface area contributed by atoms with E-state index in [9.17, 15) is 9.59 Å². The van der Waals surface area contributed by atoms with Crippen LogP contribution in [0.5, 0.6) is 5.75 Å². The van der Waals surface area contributed by atoms with Crippen LogP contribution in [0.4, 0.5) is 0 Å². The number of hydrogen-bond donors (Lipinski definition) is 2. The standard InChI is InChI=1S/C20H20ClN3O3/c1-24-12-15(14-5-3-4-6-17(14)24)20(26)23-22-19(25)10-8-13-7-9-18(27-2)16(21)11-13/h3-7,9,11-12H,8,10H2,1-2H3,(H,22,25)(H,23,26). The van der Waals surface area contributed by atoms with Crippen molar-refractivity contribution in [3.05, 3.63) is 64.8 Å². The maximum Gasteiger partial charge on any atom is 0.271 e. The third kappa shape index (κ3) is 4.23. The van der Waals surface area contributed by atoms with Gasteiger partial charge in [0.05, 0.1) is 17.7 Å². The molecular formula is C20H20ClN3O3. The molecule has 2 N–H and O–H groups in total. The van der Waals surface area contributed by atoms with E-state index in [4.69, 9.17) is 16.3 Å². The summed E-state index contributed by atoms with van der Waals surface area (Å²) in [5.41, 5.74) is 7.30. The number of aromatic nitrogens is 1. The van der Waals surface area contributed by atoms with Gasteiger partial charge in [-0.15, -0.1) is 0 Å². The number of carbonyl (C=O) groups is 2. The molecule has 140 valence electrons. The van der Waals surface area contributed by atoms with Crippen molar-refractivity contribution >= 4 is 34.3 Å². The molecule has 3 aromatic rings. The first-order chi connectivity index (χ1) is 13.0. The highest BCUT2D eigenvalue weighted by molar-refractivity contribution is 6.32. The van der Waals surface area contributed by atoms with Crippen LogP contribution in [0.3, 0.4) is 0 Å². The van der Waals surface area contributed by atoms with E-state index in [1.165, 1.54) is 0 Å². The lowest BCUT2D eigenvalue weighted by Gasteiger charge is -2.08. The van der Waals surface area contributed by atoms with Gasteiger partial charge in [-0.2, -0.15) is 0 Å². The topological polar surface area (TPSA) is 72.4 Å². The van der Waals surface area contributed by atoms with Crippen LogP contribution in [-0.2, 0) is 18.3 Å². The molecule has 0 saturated heterocycles. The summed E-state index contributed by atoms with van der Waals surface area (Å²) >= 11 is 6.08. The number of amides is 2. The van der Waals surface area contributed by atoms with Gasteiger partial charge in [0.1, 0.15) is 5.75 Å². The molecule has 0 fully saturated rings. The predicted molar refractivity (Wildman–Crippen MR) is 105 cm³/mol. The van der Waals surface area contributed by atoms with Gasteiger partial charge in [-0.05, 0) is 30.2 Å². The fourth-order valence-corrected chi connectivity index (χ4v) is 3.18. The summed E-state index contributed by atoms with van der Waals surface area (Å²) in [6.45, 7) is 0. The molecule has 7 heteroatoms. The molecule has 0 bridgehead atoms. The zero-order valence-corrected chi connectivity index (χ0v) is 15.8. The van der Waals surface area contributed by atoms with Crippen molar-refractivity contribution in [3.8, 4) is 5.75 Å². The Balaban J connectivity index is 1.55. The monoisotopic (exact) mass is 385 g/mol. The Labute approximate surface area is 162 Å². The van der Waals surface area contributed by atoms with Crippen LogP contribution in [0.1, 0.15) is 22.3 Å². The van der Waals surface area contributed by atoms with Gasteiger partial charge in [0.2, 0.25) is 5.91 Å². The van der Waals surface area contributed by atoms with E-state index in [-0.39, 0.29) is 18.2 Å². The second kappa shape index (κ2) is 8.14. The van der Waals surface area contributed by atoms with E-state index in [2.05, 4.69) is 10.9 Å². The minimum Gasteiger partial charge on any atom is -0.495 e. The Kier molecular flexibility index (Phi) is 5.66. The first-order valence-electron chi connectivity index (χ1n) is 8.45. The molecule has 0 atom stereocenters. The number of carbonyl (C=O) groups excluding carboxylic acids is 2. The van der Waals surface area contributed by atoms with E-state index in [1.807, 2.05) is 41.9 Å². The van der Waals surface area contributed by atoms with Crippen molar-refractivity contribution in [2.24, 2.45) is 7.05 Å². The number of nitrogens with zero attached hydrogens (tertiary/aromatic N) is 1. The summed E-state index contributed by atoms with van der Waals surface area (Å²) in [6.07, 6.45) is 2.46. The van der Waals surface area contributed by atoms with Gasteiger partial charge in [0, 0.05) is 30.6 Å². The predicted octanol–water partition coefficient (Wildman–Crippen LogP) is 3.23. The van der Waals surface area contributed by atoms with Gasteiger partial charge >= 0.3 is 0 Å². The third-order valence-corrected chi connectivity index (χ3v) is 4.61. The summed E-state index contributed by atoms with van der Waals surface area (Å²) in [5.74, 6) is -0.0459. The average molecular weight is 386 g/mol. The third-order valence-electron chi connectivity index (χ3n) is 4.31. The number of hydrogen-bond acceptors (Lipinski definition) is 3. The average Bonchev–Trinajstić information content (AvgIpc) is 3.01. The first-order valence-corrected chi connectivity index (χ1v) is 8.83. The van der Waals surface area contributed by atoms with Crippen molar-refractivity contribution in [1.82, 2.24) is 15.4 Å². The fraction of sp³-hybridized carbons (Fsp3) is 0.200. The molecule has 0 spiro atoms. The lowest BCUT2D eigenvalue weighted by Crippen LogP contribution is -2.41. The van der Waals surface area contributed by atoms with Crippen LogP contribution in [0.15, 0.2) is 48.7 Å². The summed E-state index contributed by atoms with van der Waals surface area (Å²) in [4.78, 5) is 24.4. The molecule has 0 unspecified atom stereocenters. The van der Waals surface area contributed by atoms with Gasteiger partial charge in [-0.3, -0.25) is 20.4 Å². The highest BCUT2D eigenvalue weighted by atomic mass is 35.5. The molecule has 2 amide bonds. The maximum absolute atomic E-state index is 12.4. The van der Waals surface area contributed by atoms with Crippen LogP contribution >= 0.6 is 11.6 Å². The molecule has 0 radical (unpaired) electrons. The van der Waals surface area contributed by atoms with Crippen LogP contribution in [0.2, 0.25) is 5.02 Å². The highest BCUT2D eigenvalue weighted by Gasteiger charge is 2.14. The number of nitrogens with one attached hydrogen (secondary N) is 2. The normalized spacial score (nSPS) is 10.6. The van der Waals surface area contributed by atoms with Gasteiger partial charge in [0.15, 0.2) is 0 Å². The zero-order valence-electron chi connectivity index (χ0n) is 15.1. The smallest absolute Gasteiger partial charge is 0.271 e. The second-order valence-electron chi connectivity index (χ2n) is 6.14. The number of fused-ring (bicyclic) bond motifs is 1. The minimum atomic E-state index is -0.354. The second-order valence-corrected chi connectivity index (χ2v) is 6.55. The first kappa shape index (κ1) is 18.8. The maximum atomic E-state index is 12.4. The quantitative estimate of drug-likeness (QED) is 0.662. The van der Waals surface area contributed by atoms with E-state index >= 15 is 0 Å². The number of ether oxygens (including phenoxy) is 1. The molecule has 1 aromatic heterocycles.